The molecule has 1 fully saturated rings. The number of hydrogen-bond acceptors (Lipinski definition) is 3. The lowest BCUT2D eigenvalue weighted by atomic mass is 9.90. The van der Waals surface area contributed by atoms with Crippen molar-refractivity contribution in [1.29, 1.82) is 0 Å². The molecule has 120 valence electrons. The number of amides is 1. The van der Waals surface area contributed by atoms with Crippen LogP contribution >= 0.6 is 0 Å². The number of carbonyl (C=O) groups is 2. The average molecular weight is 313 g/mol. The predicted octanol–water partition coefficient (Wildman–Crippen LogP) is 2.54. The van der Waals surface area contributed by atoms with Crippen LogP contribution in [0.15, 0.2) is 42.5 Å². The topological polar surface area (TPSA) is 66.8 Å². The fraction of sp³-hybridized carbons (Fsp3) is 0.333. The fourth-order valence-electron chi connectivity index (χ4n) is 2.84. The molecule has 0 aromatic heterocycles. The van der Waals surface area contributed by atoms with Gasteiger partial charge in [-0.1, -0.05) is 30.3 Å². The summed E-state index contributed by atoms with van der Waals surface area (Å²) in [7, 11) is 0. The number of carbonyl (C=O) groups excluding carboxylic acids is 1. The highest BCUT2D eigenvalue weighted by Gasteiger charge is 2.42. The summed E-state index contributed by atoms with van der Waals surface area (Å²) in [4.78, 5) is 25.0. The normalized spacial score (nSPS) is 20.7. The van der Waals surface area contributed by atoms with E-state index in [0.29, 0.717) is 18.7 Å². The number of nitrogens with zero attached hydrogens (tertiary/aromatic N) is 1. The minimum atomic E-state index is -0.858. The zero-order valence-electron chi connectivity index (χ0n) is 13.0. The van der Waals surface area contributed by atoms with Crippen LogP contribution in [0.5, 0.6) is 5.75 Å². The van der Waals surface area contributed by atoms with Crippen molar-refractivity contribution < 1.29 is 19.4 Å². The van der Waals surface area contributed by atoms with Crippen LogP contribution in [0.3, 0.4) is 0 Å². The third-order valence-electron chi connectivity index (χ3n) is 4.43. The van der Waals surface area contributed by atoms with Gasteiger partial charge in [-0.3, -0.25) is 9.59 Å². The van der Waals surface area contributed by atoms with E-state index in [9.17, 15) is 14.7 Å². The second-order valence-electron chi connectivity index (χ2n) is 6.23. The van der Waals surface area contributed by atoms with E-state index in [0.717, 1.165) is 10.8 Å². The SMILES string of the molecule is CC1(C(=O)O)CCN(C(=O)COc2ccc3ccccc3c2)C1. The minimum absolute atomic E-state index is 0.0754. The number of hydrogen-bond donors (Lipinski definition) is 1. The first-order valence-corrected chi connectivity index (χ1v) is 7.61. The molecule has 1 aliphatic heterocycles. The first-order valence-electron chi connectivity index (χ1n) is 7.61. The predicted molar refractivity (Wildman–Crippen MR) is 86.4 cm³/mol. The Kier molecular flexibility index (Phi) is 3.94. The van der Waals surface area contributed by atoms with Gasteiger partial charge in [0.1, 0.15) is 5.75 Å². The zero-order chi connectivity index (χ0) is 16.4. The lowest BCUT2D eigenvalue weighted by Gasteiger charge is -2.20. The van der Waals surface area contributed by atoms with Gasteiger partial charge in [0.2, 0.25) is 0 Å². The fourth-order valence-corrected chi connectivity index (χ4v) is 2.84. The Morgan fingerprint density at radius 1 is 1.22 bits per heavy atom. The van der Waals surface area contributed by atoms with Crippen molar-refractivity contribution in [1.82, 2.24) is 4.90 Å². The molecule has 1 atom stereocenters. The Balaban J connectivity index is 1.61. The summed E-state index contributed by atoms with van der Waals surface area (Å²) in [6.07, 6.45) is 0.476. The maximum atomic E-state index is 12.2. The molecule has 5 heteroatoms. The van der Waals surface area contributed by atoms with Crippen LogP contribution in [0.25, 0.3) is 10.8 Å². The number of aliphatic carboxylic acids is 1. The van der Waals surface area contributed by atoms with E-state index in [4.69, 9.17) is 4.74 Å². The molecular formula is C18H19NO4. The Labute approximate surface area is 134 Å². The van der Waals surface area contributed by atoms with Crippen LogP contribution in [-0.2, 0) is 9.59 Å². The largest absolute Gasteiger partial charge is 0.484 e. The van der Waals surface area contributed by atoms with Crippen molar-refractivity contribution in [2.45, 2.75) is 13.3 Å². The van der Waals surface area contributed by atoms with E-state index in [1.165, 1.54) is 0 Å². The first-order chi connectivity index (χ1) is 11.0. The summed E-state index contributed by atoms with van der Waals surface area (Å²) in [5.74, 6) is -0.399. The molecule has 1 saturated heterocycles. The lowest BCUT2D eigenvalue weighted by molar-refractivity contribution is -0.147. The van der Waals surface area contributed by atoms with Crippen molar-refractivity contribution in [3.8, 4) is 5.75 Å². The highest BCUT2D eigenvalue weighted by molar-refractivity contribution is 5.84. The third-order valence-corrected chi connectivity index (χ3v) is 4.43. The van der Waals surface area contributed by atoms with Crippen LogP contribution in [-0.4, -0.2) is 41.6 Å². The number of rotatable bonds is 4. The molecule has 23 heavy (non-hydrogen) atoms. The maximum Gasteiger partial charge on any atom is 0.311 e. The number of fused-ring (bicyclic) bond motifs is 1. The summed E-state index contributed by atoms with van der Waals surface area (Å²) >= 11 is 0. The molecule has 1 amide bonds. The summed E-state index contributed by atoms with van der Waals surface area (Å²) < 4.78 is 5.58. The standard InChI is InChI=1S/C18H19NO4/c1-18(17(21)22)8-9-19(12-18)16(20)11-23-15-7-6-13-4-2-3-5-14(13)10-15/h2-7,10H,8-9,11-12H2,1H3,(H,21,22). The number of carboxylic acids is 1. The Morgan fingerprint density at radius 3 is 2.65 bits per heavy atom. The van der Waals surface area contributed by atoms with Crippen molar-refractivity contribution in [2.75, 3.05) is 19.7 Å². The molecule has 0 aliphatic carbocycles. The Hall–Kier alpha value is -2.56. The van der Waals surface area contributed by atoms with Gasteiger partial charge in [-0.15, -0.1) is 0 Å². The van der Waals surface area contributed by atoms with Crippen molar-refractivity contribution in [3.05, 3.63) is 42.5 Å². The van der Waals surface area contributed by atoms with Crippen molar-refractivity contribution in [3.63, 3.8) is 0 Å². The second-order valence-corrected chi connectivity index (χ2v) is 6.23. The number of likely N-dealkylation sites (tertiary alicyclic amines) is 1. The summed E-state index contributed by atoms with van der Waals surface area (Å²) in [5.41, 5.74) is -0.849. The van der Waals surface area contributed by atoms with Crippen LogP contribution in [0, 0.1) is 5.41 Å². The van der Waals surface area contributed by atoms with Gasteiger partial charge in [0.25, 0.3) is 5.91 Å². The Morgan fingerprint density at radius 2 is 1.96 bits per heavy atom. The molecule has 2 aromatic rings. The third kappa shape index (κ3) is 3.13. The van der Waals surface area contributed by atoms with E-state index < -0.39 is 11.4 Å². The van der Waals surface area contributed by atoms with E-state index in [1.54, 1.807) is 11.8 Å². The maximum absolute atomic E-state index is 12.2. The number of benzene rings is 2. The zero-order valence-corrected chi connectivity index (χ0v) is 13.0. The monoisotopic (exact) mass is 313 g/mol. The van der Waals surface area contributed by atoms with Gasteiger partial charge in [0.05, 0.1) is 5.41 Å². The quantitative estimate of drug-likeness (QED) is 0.942. The average Bonchev–Trinajstić information content (AvgIpc) is 2.96. The first kappa shape index (κ1) is 15.3. The minimum Gasteiger partial charge on any atom is -0.484 e. The molecule has 0 bridgehead atoms. The van der Waals surface area contributed by atoms with E-state index >= 15 is 0 Å². The van der Waals surface area contributed by atoms with Gasteiger partial charge in [0, 0.05) is 13.1 Å². The molecule has 2 aromatic carbocycles. The van der Waals surface area contributed by atoms with Gasteiger partial charge in [-0.2, -0.15) is 0 Å². The molecule has 0 radical (unpaired) electrons. The molecule has 1 aliphatic rings. The molecule has 1 N–H and O–H groups in total. The Bertz CT molecular complexity index is 758. The number of carboxylic acid groups (broad SMARTS) is 1. The van der Waals surface area contributed by atoms with Crippen molar-refractivity contribution >= 4 is 22.6 Å². The van der Waals surface area contributed by atoms with E-state index in [2.05, 4.69) is 0 Å². The van der Waals surface area contributed by atoms with Crippen molar-refractivity contribution in [2.24, 2.45) is 5.41 Å². The van der Waals surface area contributed by atoms with Gasteiger partial charge in [0.15, 0.2) is 6.61 Å². The molecule has 0 saturated carbocycles. The molecule has 1 heterocycles. The summed E-state index contributed by atoms with van der Waals surface area (Å²) in [5, 5.41) is 11.4. The van der Waals surface area contributed by atoms with Gasteiger partial charge >= 0.3 is 5.97 Å². The second kappa shape index (κ2) is 5.91. The van der Waals surface area contributed by atoms with Crippen LogP contribution in [0.4, 0.5) is 0 Å². The van der Waals surface area contributed by atoms with Gasteiger partial charge in [-0.25, -0.2) is 0 Å². The molecule has 1 unspecified atom stereocenters. The lowest BCUT2D eigenvalue weighted by Crippen LogP contribution is -2.37. The highest BCUT2D eigenvalue weighted by Crippen LogP contribution is 2.30. The smallest absolute Gasteiger partial charge is 0.311 e. The van der Waals surface area contributed by atoms with Crippen LogP contribution in [0.2, 0.25) is 0 Å². The molecule has 0 spiro atoms. The van der Waals surface area contributed by atoms with E-state index in [1.807, 2.05) is 42.5 Å². The molecule has 5 nitrogen and oxygen atoms in total. The van der Waals surface area contributed by atoms with Gasteiger partial charge < -0.3 is 14.7 Å². The molecule has 3 rings (SSSR count). The van der Waals surface area contributed by atoms with Gasteiger partial charge in [-0.05, 0) is 36.2 Å². The van der Waals surface area contributed by atoms with Crippen LogP contribution < -0.4 is 4.74 Å². The summed E-state index contributed by atoms with van der Waals surface area (Å²) in [6.45, 7) is 2.30. The number of ether oxygens (including phenoxy) is 1. The van der Waals surface area contributed by atoms with Crippen LogP contribution in [0.1, 0.15) is 13.3 Å². The van der Waals surface area contributed by atoms with E-state index in [-0.39, 0.29) is 19.1 Å². The summed E-state index contributed by atoms with van der Waals surface area (Å²) in [6, 6.07) is 13.6. The highest BCUT2D eigenvalue weighted by atomic mass is 16.5. The molecular weight excluding hydrogens is 294 g/mol.